The molecule has 0 saturated carbocycles. The van der Waals surface area contributed by atoms with E-state index in [0.29, 0.717) is 0 Å². The van der Waals surface area contributed by atoms with Crippen molar-refractivity contribution in [2.75, 3.05) is 0 Å². The number of halogens is 1. The zero-order chi connectivity index (χ0) is 12.4. The second-order valence-electron chi connectivity index (χ2n) is 4.46. The SMILES string of the molecule is Cl.NC(c1ccccc1)c1cccc2ccccc12. The van der Waals surface area contributed by atoms with E-state index in [9.17, 15) is 0 Å². The molecule has 0 spiro atoms. The van der Waals surface area contributed by atoms with Gasteiger partial charge < -0.3 is 5.73 Å². The highest BCUT2D eigenvalue weighted by molar-refractivity contribution is 5.86. The molecule has 0 fully saturated rings. The summed E-state index contributed by atoms with van der Waals surface area (Å²) < 4.78 is 0. The number of hydrogen-bond donors (Lipinski definition) is 1. The molecule has 0 aliphatic heterocycles. The van der Waals surface area contributed by atoms with Gasteiger partial charge in [0.15, 0.2) is 0 Å². The first-order valence-electron chi connectivity index (χ1n) is 6.14. The van der Waals surface area contributed by atoms with Crippen LogP contribution in [0.5, 0.6) is 0 Å². The fraction of sp³-hybridized carbons (Fsp3) is 0.0588. The van der Waals surface area contributed by atoms with Gasteiger partial charge in [-0.3, -0.25) is 0 Å². The maximum absolute atomic E-state index is 6.38. The Hall–Kier alpha value is -1.83. The van der Waals surface area contributed by atoms with E-state index in [1.54, 1.807) is 0 Å². The third-order valence-corrected chi connectivity index (χ3v) is 3.32. The van der Waals surface area contributed by atoms with Crippen molar-refractivity contribution in [2.45, 2.75) is 6.04 Å². The molecule has 0 aromatic heterocycles. The van der Waals surface area contributed by atoms with Crippen molar-refractivity contribution in [3.63, 3.8) is 0 Å². The lowest BCUT2D eigenvalue weighted by atomic mass is 9.94. The normalized spacial score (nSPS) is 11.8. The molecule has 2 heteroatoms. The number of rotatable bonds is 2. The molecule has 2 N–H and O–H groups in total. The van der Waals surface area contributed by atoms with Gasteiger partial charge in [-0.15, -0.1) is 12.4 Å². The molecule has 0 bridgehead atoms. The Bertz CT molecular complexity index is 659. The molecule has 3 aromatic carbocycles. The molecular weight excluding hydrogens is 254 g/mol. The Balaban J connectivity index is 0.00000133. The fourth-order valence-corrected chi connectivity index (χ4v) is 2.36. The third kappa shape index (κ3) is 2.62. The average Bonchev–Trinajstić information content (AvgIpc) is 2.47. The molecule has 19 heavy (non-hydrogen) atoms. The van der Waals surface area contributed by atoms with Crippen molar-refractivity contribution in [3.05, 3.63) is 83.9 Å². The zero-order valence-corrected chi connectivity index (χ0v) is 11.3. The molecular formula is C17H16ClN. The minimum atomic E-state index is -0.0719. The number of benzene rings is 3. The Labute approximate surface area is 119 Å². The summed E-state index contributed by atoms with van der Waals surface area (Å²) in [7, 11) is 0. The predicted octanol–water partition coefficient (Wildman–Crippen LogP) is 4.31. The van der Waals surface area contributed by atoms with Gasteiger partial charge in [0.1, 0.15) is 0 Å². The van der Waals surface area contributed by atoms with Gasteiger partial charge in [0.2, 0.25) is 0 Å². The molecule has 0 radical (unpaired) electrons. The smallest absolute Gasteiger partial charge is 0.0557 e. The van der Waals surface area contributed by atoms with Crippen LogP contribution in [0.4, 0.5) is 0 Å². The second kappa shape index (κ2) is 5.87. The number of fused-ring (bicyclic) bond motifs is 1. The molecule has 3 rings (SSSR count). The van der Waals surface area contributed by atoms with Crippen molar-refractivity contribution in [1.29, 1.82) is 0 Å². The Morgan fingerprint density at radius 3 is 2.11 bits per heavy atom. The van der Waals surface area contributed by atoms with Gasteiger partial charge in [0.05, 0.1) is 6.04 Å². The van der Waals surface area contributed by atoms with Gasteiger partial charge >= 0.3 is 0 Å². The first kappa shape index (κ1) is 13.6. The summed E-state index contributed by atoms with van der Waals surface area (Å²) in [5, 5.41) is 2.47. The molecule has 0 amide bonds. The molecule has 1 atom stereocenters. The van der Waals surface area contributed by atoms with Crippen LogP contribution in [0.3, 0.4) is 0 Å². The molecule has 0 aliphatic rings. The molecule has 1 nitrogen and oxygen atoms in total. The van der Waals surface area contributed by atoms with Crippen LogP contribution >= 0.6 is 12.4 Å². The Kier molecular flexibility index (Phi) is 4.20. The van der Waals surface area contributed by atoms with Gasteiger partial charge in [-0.05, 0) is 21.9 Å². The van der Waals surface area contributed by atoms with Crippen molar-refractivity contribution >= 4 is 23.2 Å². The van der Waals surface area contributed by atoms with Gasteiger partial charge in [-0.1, -0.05) is 72.8 Å². The molecule has 0 heterocycles. The van der Waals surface area contributed by atoms with Crippen LogP contribution in [0, 0.1) is 0 Å². The summed E-state index contributed by atoms with van der Waals surface area (Å²) in [4.78, 5) is 0. The third-order valence-electron chi connectivity index (χ3n) is 3.32. The van der Waals surface area contributed by atoms with Crippen LogP contribution in [0.15, 0.2) is 72.8 Å². The fourth-order valence-electron chi connectivity index (χ4n) is 2.36. The standard InChI is InChI=1S/C17H15N.ClH/c18-17(14-8-2-1-3-9-14)16-12-6-10-13-7-4-5-11-15(13)16;/h1-12,17H,18H2;1H. The number of hydrogen-bond acceptors (Lipinski definition) is 1. The van der Waals surface area contributed by atoms with E-state index in [1.807, 2.05) is 18.2 Å². The lowest BCUT2D eigenvalue weighted by Gasteiger charge is -2.15. The summed E-state index contributed by atoms with van der Waals surface area (Å²) in [6.07, 6.45) is 0. The monoisotopic (exact) mass is 269 g/mol. The van der Waals surface area contributed by atoms with E-state index in [4.69, 9.17) is 5.73 Å². The largest absolute Gasteiger partial charge is 0.320 e. The molecule has 0 saturated heterocycles. The quantitative estimate of drug-likeness (QED) is 0.737. The van der Waals surface area contributed by atoms with E-state index in [0.717, 1.165) is 5.56 Å². The van der Waals surface area contributed by atoms with Gasteiger partial charge in [-0.2, -0.15) is 0 Å². The van der Waals surface area contributed by atoms with Crippen molar-refractivity contribution in [1.82, 2.24) is 0 Å². The minimum Gasteiger partial charge on any atom is -0.320 e. The summed E-state index contributed by atoms with van der Waals surface area (Å²) in [6, 6.07) is 24.8. The van der Waals surface area contributed by atoms with Crippen LogP contribution in [-0.2, 0) is 0 Å². The summed E-state index contributed by atoms with van der Waals surface area (Å²) >= 11 is 0. The van der Waals surface area contributed by atoms with E-state index < -0.39 is 0 Å². The minimum absolute atomic E-state index is 0. The summed E-state index contributed by atoms with van der Waals surface area (Å²) in [5.74, 6) is 0. The highest BCUT2D eigenvalue weighted by atomic mass is 35.5. The molecule has 3 aromatic rings. The van der Waals surface area contributed by atoms with Gasteiger partial charge in [0, 0.05) is 0 Å². The summed E-state index contributed by atoms with van der Waals surface area (Å²) in [5.41, 5.74) is 8.71. The maximum Gasteiger partial charge on any atom is 0.0557 e. The summed E-state index contributed by atoms with van der Waals surface area (Å²) in [6.45, 7) is 0. The van der Waals surface area contributed by atoms with E-state index in [2.05, 4.69) is 54.6 Å². The lowest BCUT2D eigenvalue weighted by Crippen LogP contribution is -2.11. The Morgan fingerprint density at radius 2 is 1.32 bits per heavy atom. The number of nitrogens with two attached hydrogens (primary N) is 1. The highest BCUT2D eigenvalue weighted by Crippen LogP contribution is 2.26. The van der Waals surface area contributed by atoms with E-state index >= 15 is 0 Å². The highest BCUT2D eigenvalue weighted by Gasteiger charge is 2.10. The first-order valence-corrected chi connectivity index (χ1v) is 6.14. The Morgan fingerprint density at radius 1 is 0.684 bits per heavy atom. The van der Waals surface area contributed by atoms with Crippen LogP contribution in [0.2, 0.25) is 0 Å². The zero-order valence-electron chi connectivity index (χ0n) is 10.5. The molecule has 0 aliphatic carbocycles. The second-order valence-corrected chi connectivity index (χ2v) is 4.46. The van der Waals surface area contributed by atoms with Gasteiger partial charge in [0.25, 0.3) is 0 Å². The topological polar surface area (TPSA) is 26.0 Å². The molecule has 96 valence electrons. The van der Waals surface area contributed by atoms with Gasteiger partial charge in [-0.25, -0.2) is 0 Å². The maximum atomic E-state index is 6.38. The van der Waals surface area contributed by atoms with Crippen LogP contribution in [0.25, 0.3) is 10.8 Å². The average molecular weight is 270 g/mol. The first-order chi connectivity index (χ1) is 8.86. The van der Waals surface area contributed by atoms with Crippen LogP contribution in [0.1, 0.15) is 17.2 Å². The van der Waals surface area contributed by atoms with Crippen molar-refractivity contribution in [2.24, 2.45) is 5.73 Å². The van der Waals surface area contributed by atoms with E-state index in [-0.39, 0.29) is 18.4 Å². The van der Waals surface area contributed by atoms with Crippen molar-refractivity contribution < 1.29 is 0 Å². The van der Waals surface area contributed by atoms with E-state index in [1.165, 1.54) is 16.3 Å². The predicted molar refractivity (Wildman–Crippen MR) is 83.7 cm³/mol. The van der Waals surface area contributed by atoms with Crippen LogP contribution in [-0.4, -0.2) is 0 Å². The van der Waals surface area contributed by atoms with Crippen LogP contribution < -0.4 is 5.73 Å². The lowest BCUT2D eigenvalue weighted by molar-refractivity contribution is 0.881. The molecule has 1 unspecified atom stereocenters. The van der Waals surface area contributed by atoms with Crippen molar-refractivity contribution in [3.8, 4) is 0 Å².